The van der Waals surface area contributed by atoms with Crippen molar-refractivity contribution in [2.45, 2.75) is 71.8 Å². The minimum Gasteiger partial charge on any atom is -0.469 e. The SMILES string of the molecule is CCCCCCCCC(OC)C(C)(C)C(=O)OC. The summed E-state index contributed by atoms with van der Waals surface area (Å²) in [6.07, 6.45) is 8.38. The van der Waals surface area contributed by atoms with Gasteiger partial charge in [-0.05, 0) is 20.3 Å². The number of hydrogen-bond acceptors (Lipinski definition) is 3. The van der Waals surface area contributed by atoms with Crippen LogP contribution in [0.3, 0.4) is 0 Å². The molecule has 1 unspecified atom stereocenters. The highest BCUT2D eigenvalue weighted by molar-refractivity contribution is 5.76. The normalized spacial score (nSPS) is 13.4. The Morgan fingerprint density at radius 3 is 2.11 bits per heavy atom. The third-order valence-electron chi connectivity index (χ3n) is 3.62. The van der Waals surface area contributed by atoms with E-state index < -0.39 is 5.41 Å². The standard InChI is InChI=1S/C15H30O3/c1-6-7-8-9-10-11-12-13(17-4)15(2,3)14(16)18-5/h13H,6-12H2,1-5H3. The van der Waals surface area contributed by atoms with Crippen LogP contribution in [0.1, 0.15) is 65.7 Å². The molecule has 0 aliphatic carbocycles. The molecule has 0 aromatic rings. The van der Waals surface area contributed by atoms with Gasteiger partial charge in [-0.2, -0.15) is 0 Å². The molecule has 0 aliphatic heterocycles. The van der Waals surface area contributed by atoms with E-state index in [0.717, 1.165) is 12.8 Å². The third-order valence-corrected chi connectivity index (χ3v) is 3.62. The average Bonchev–Trinajstić information content (AvgIpc) is 2.36. The summed E-state index contributed by atoms with van der Waals surface area (Å²) >= 11 is 0. The molecule has 1 atom stereocenters. The minimum atomic E-state index is -0.563. The predicted octanol–water partition coefficient (Wildman–Crippen LogP) is 3.95. The fourth-order valence-electron chi connectivity index (χ4n) is 2.28. The summed E-state index contributed by atoms with van der Waals surface area (Å²) in [6, 6.07) is 0. The van der Waals surface area contributed by atoms with Gasteiger partial charge in [0.2, 0.25) is 0 Å². The number of esters is 1. The molecule has 0 aliphatic rings. The molecular formula is C15H30O3. The van der Waals surface area contributed by atoms with Crippen molar-refractivity contribution >= 4 is 5.97 Å². The Kier molecular flexibility index (Phi) is 9.08. The van der Waals surface area contributed by atoms with Gasteiger partial charge in [0.15, 0.2) is 0 Å². The number of carbonyl (C=O) groups is 1. The van der Waals surface area contributed by atoms with Crippen LogP contribution in [0.4, 0.5) is 0 Å². The maximum absolute atomic E-state index is 11.7. The second-order valence-electron chi connectivity index (χ2n) is 5.49. The van der Waals surface area contributed by atoms with Gasteiger partial charge in [0.25, 0.3) is 0 Å². The van der Waals surface area contributed by atoms with Crippen LogP contribution < -0.4 is 0 Å². The number of hydrogen-bond donors (Lipinski definition) is 0. The fourth-order valence-corrected chi connectivity index (χ4v) is 2.28. The molecule has 0 radical (unpaired) electrons. The monoisotopic (exact) mass is 258 g/mol. The van der Waals surface area contributed by atoms with E-state index in [1.54, 1.807) is 7.11 Å². The smallest absolute Gasteiger partial charge is 0.313 e. The zero-order valence-corrected chi connectivity index (χ0v) is 12.8. The fraction of sp³-hybridized carbons (Fsp3) is 0.933. The van der Waals surface area contributed by atoms with Crippen LogP contribution in [0, 0.1) is 5.41 Å². The summed E-state index contributed by atoms with van der Waals surface area (Å²) in [6.45, 7) is 6.01. The largest absolute Gasteiger partial charge is 0.469 e. The van der Waals surface area contributed by atoms with Crippen LogP contribution in [0.5, 0.6) is 0 Å². The van der Waals surface area contributed by atoms with Crippen molar-refractivity contribution in [3.63, 3.8) is 0 Å². The van der Waals surface area contributed by atoms with E-state index in [2.05, 4.69) is 6.92 Å². The molecule has 0 saturated carbocycles. The number of ether oxygens (including phenoxy) is 2. The molecule has 0 heterocycles. The van der Waals surface area contributed by atoms with E-state index in [9.17, 15) is 4.79 Å². The Labute approximate surface area is 112 Å². The van der Waals surface area contributed by atoms with Crippen LogP contribution in [-0.4, -0.2) is 26.3 Å². The van der Waals surface area contributed by atoms with Gasteiger partial charge in [-0.1, -0.05) is 45.4 Å². The molecule has 0 rings (SSSR count). The third kappa shape index (κ3) is 5.85. The van der Waals surface area contributed by atoms with E-state index in [-0.39, 0.29) is 12.1 Å². The topological polar surface area (TPSA) is 35.5 Å². The molecule has 0 aromatic heterocycles. The molecule has 0 bridgehead atoms. The predicted molar refractivity (Wildman–Crippen MR) is 74.6 cm³/mol. The van der Waals surface area contributed by atoms with Gasteiger partial charge in [0.05, 0.1) is 18.6 Å². The lowest BCUT2D eigenvalue weighted by Crippen LogP contribution is -2.39. The molecule has 0 N–H and O–H groups in total. The van der Waals surface area contributed by atoms with Crippen LogP contribution in [0.15, 0.2) is 0 Å². The van der Waals surface area contributed by atoms with Crippen molar-refractivity contribution in [2.24, 2.45) is 5.41 Å². The Hall–Kier alpha value is -0.570. The number of carbonyl (C=O) groups excluding carboxylic acids is 1. The first kappa shape index (κ1) is 17.4. The van der Waals surface area contributed by atoms with E-state index in [4.69, 9.17) is 9.47 Å². The molecule has 3 heteroatoms. The van der Waals surface area contributed by atoms with Crippen LogP contribution >= 0.6 is 0 Å². The number of unbranched alkanes of at least 4 members (excludes halogenated alkanes) is 5. The van der Waals surface area contributed by atoms with Gasteiger partial charge in [-0.15, -0.1) is 0 Å². The van der Waals surface area contributed by atoms with Gasteiger partial charge < -0.3 is 9.47 Å². The van der Waals surface area contributed by atoms with Gasteiger partial charge in [-0.3, -0.25) is 4.79 Å². The zero-order valence-electron chi connectivity index (χ0n) is 12.8. The quantitative estimate of drug-likeness (QED) is 0.439. The van der Waals surface area contributed by atoms with Gasteiger partial charge >= 0.3 is 5.97 Å². The van der Waals surface area contributed by atoms with Crippen molar-refractivity contribution in [2.75, 3.05) is 14.2 Å². The van der Waals surface area contributed by atoms with E-state index in [0.29, 0.717) is 0 Å². The van der Waals surface area contributed by atoms with Crippen molar-refractivity contribution in [1.82, 2.24) is 0 Å². The van der Waals surface area contributed by atoms with Crippen molar-refractivity contribution in [3.8, 4) is 0 Å². The highest BCUT2D eigenvalue weighted by Crippen LogP contribution is 2.28. The zero-order chi connectivity index (χ0) is 14.0. The Bertz CT molecular complexity index is 224. The van der Waals surface area contributed by atoms with E-state index in [1.165, 1.54) is 39.2 Å². The van der Waals surface area contributed by atoms with Gasteiger partial charge in [0, 0.05) is 7.11 Å². The molecule has 0 fully saturated rings. The van der Waals surface area contributed by atoms with Gasteiger partial charge in [0.1, 0.15) is 0 Å². The van der Waals surface area contributed by atoms with Crippen molar-refractivity contribution < 1.29 is 14.3 Å². The van der Waals surface area contributed by atoms with Gasteiger partial charge in [-0.25, -0.2) is 0 Å². The lowest BCUT2D eigenvalue weighted by molar-refractivity contribution is -0.159. The van der Waals surface area contributed by atoms with Crippen LogP contribution in [0.2, 0.25) is 0 Å². The Morgan fingerprint density at radius 2 is 1.61 bits per heavy atom. The summed E-state index contributed by atoms with van der Waals surface area (Å²) in [4.78, 5) is 11.7. The maximum atomic E-state index is 11.7. The number of methoxy groups -OCH3 is 2. The Morgan fingerprint density at radius 1 is 1.06 bits per heavy atom. The summed E-state index contributed by atoms with van der Waals surface area (Å²) in [5.41, 5.74) is -0.563. The number of rotatable bonds is 10. The van der Waals surface area contributed by atoms with E-state index in [1.807, 2.05) is 13.8 Å². The summed E-state index contributed by atoms with van der Waals surface area (Å²) < 4.78 is 10.3. The molecule has 108 valence electrons. The summed E-state index contributed by atoms with van der Waals surface area (Å²) in [7, 11) is 3.11. The first-order valence-electron chi connectivity index (χ1n) is 7.11. The summed E-state index contributed by atoms with van der Waals surface area (Å²) in [5.74, 6) is -0.194. The molecule has 18 heavy (non-hydrogen) atoms. The minimum absolute atomic E-state index is 0.0591. The summed E-state index contributed by atoms with van der Waals surface area (Å²) in [5, 5.41) is 0. The molecule has 0 spiro atoms. The lowest BCUT2D eigenvalue weighted by Gasteiger charge is -2.30. The molecule has 0 amide bonds. The second kappa shape index (κ2) is 9.37. The first-order chi connectivity index (χ1) is 8.50. The highest BCUT2D eigenvalue weighted by atomic mass is 16.5. The molecule has 0 saturated heterocycles. The van der Waals surface area contributed by atoms with Crippen molar-refractivity contribution in [3.05, 3.63) is 0 Å². The molecule has 3 nitrogen and oxygen atoms in total. The van der Waals surface area contributed by atoms with E-state index >= 15 is 0 Å². The maximum Gasteiger partial charge on any atom is 0.313 e. The second-order valence-corrected chi connectivity index (χ2v) is 5.49. The molecule has 0 aromatic carbocycles. The first-order valence-corrected chi connectivity index (χ1v) is 7.11. The Balaban J connectivity index is 4.00. The van der Waals surface area contributed by atoms with Crippen molar-refractivity contribution in [1.29, 1.82) is 0 Å². The average molecular weight is 258 g/mol. The lowest BCUT2D eigenvalue weighted by atomic mass is 9.83. The molecular weight excluding hydrogens is 228 g/mol. The van der Waals surface area contributed by atoms with Crippen LogP contribution in [0.25, 0.3) is 0 Å². The van der Waals surface area contributed by atoms with Crippen LogP contribution in [-0.2, 0) is 14.3 Å². The highest BCUT2D eigenvalue weighted by Gasteiger charge is 2.37.